The monoisotopic (exact) mass is 302 g/mol. The predicted octanol–water partition coefficient (Wildman–Crippen LogP) is 5.41. The van der Waals surface area contributed by atoms with Crippen LogP contribution in [-0.4, -0.2) is 24.3 Å². The van der Waals surface area contributed by atoms with E-state index in [4.69, 9.17) is 9.47 Å². The second-order valence-corrected chi connectivity index (χ2v) is 6.13. The highest BCUT2D eigenvalue weighted by atomic mass is 16.8. The summed E-state index contributed by atoms with van der Waals surface area (Å²) in [5.74, 6) is -1.41. The van der Waals surface area contributed by atoms with E-state index in [1.165, 1.54) is 64.2 Å². The maximum Gasteiger partial charge on any atom is 0.277 e. The first-order valence-electron chi connectivity index (χ1n) is 9.12. The Bertz CT molecular complexity index is 185. The van der Waals surface area contributed by atoms with Crippen LogP contribution in [0, 0.1) is 0 Å². The average molecular weight is 302 g/mol. The van der Waals surface area contributed by atoms with Crippen molar-refractivity contribution in [2.24, 2.45) is 0 Å². The molecule has 0 rings (SSSR count). The molecule has 0 bridgehead atoms. The van der Waals surface area contributed by atoms with Crippen LogP contribution in [0.2, 0.25) is 0 Å². The number of unbranched alkanes of at least 4 members (excludes halogenated alkanes) is 10. The minimum Gasteiger partial charge on any atom is -0.344 e. The summed E-state index contributed by atoms with van der Waals surface area (Å²) in [4.78, 5) is 0. The van der Waals surface area contributed by atoms with E-state index in [0.717, 1.165) is 12.8 Å². The molecule has 0 aromatic carbocycles. The zero-order valence-electron chi connectivity index (χ0n) is 14.7. The maximum absolute atomic E-state index is 9.95. The first kappa shape index (κ1) is 20.9. The molecule has 0 aliphatic rings. The van der Waals surface area contributed by atoms with Gasteiger partial charge in [-0.05, 0) is 12.8 Å². The minimum absolute atomic E-state index is 0.579. The molecule has 0 aliphatic heterocycles. The van der Waals surface area contributed by atoms with Gasteiger partial charge in [0, 0.05) is 6.92 Å². The summed E-state index contributed by atoms with van der Waals surface area (Å²) >= 11 is 0. The Morgan fingerprint density at radius 2 is 0.952 bits per heavy atom. The molecular formula is C18H38O3. The molecule has 0 radical (unpaired) electrons. The fraction of sp³-hybridized carbons (Fsp3) is 1.00. The van der Waals surface area contributed by atoms with Gasteiger partial charge in [0.2, 0.25) is 0 Å². The Labute approximate surface area is 132 Å². The Balaban J connectivity index is 3.35. The van der Waals surface area contributed by atoms with Gasteiger partial charge in [0.25, 0.3) is 5.97 Å². The number of rotatable bonds is 16. The SMILES string of the molecule is CCCCCCCCOC(C)(O)OCCCCCCCC. The van der Waals surface area contributed by atoms with Gasteiger partial charge in [-0.25, -0.2) is 0 Å². The van der Waals surface area contributed by atoms with Gasteiger partial charge in [-0.15, -0.1) is 0 Å². The van der Waals surface area contributed by atoms with Gasteiger partial charge in [0.05, 0.1) is 13.2 Å². The van der Waals surface area contributed by atoms with Crippen molar-refractivity contribution >= 4 is 0 Å². The van der Waals surface area contributed by atoms with Crippen LogP contribution in [-0.2, 0) is 9.47 Å². The highest BCUT2D eigenvalue weighted by Gasteiger charge is 2.20. The molecule has 0 aromatic rings. The molecule has 21 heavy (non-hydrogen) atoms. The number of hydrogen-bond donors (Lipinski definition) is 1. The van der Waals surface area contributed by atoms with E-state index >= 15 is 0 Å². The Hall–Kier alpha value is -0.120. The lowest BCUT2D eigenvalue weighted by Crippen LogP contribution is -2.32. The van der Waals surface area contributed by atoms with E-state index in [1.54, 1.807) is 6.92 Å². The highest BCUT2D eigenvalue weighted by molar-refractivity contribution is 4.49. The van der Waals surface area contributed by atoms with Crippen LogP contribution < -0.4 is 0 Å². The number of aliphatic hydroxyl groups is 1. The van der Waals surface area contributed by atoms with Crippen molar-refractivity contribution in [2.75, 3.05) is 13.2 Å². The summed E-state index contributed by atoms with van der Waals surface area (Å²) in [7, 11) is 0. The smallest absolute Gasteiger partial charge is 0.277 e. The van der Waals surface area contributed by atoms with Gasteiger partial charge in [-0.1, -0.05) is 78.1 Å². The Morgan fingerprint density at radius 1 is 0.619 bits per heavy atom. The van der Waals surface area contributed by atoms with Gasteiger partial charge in [0.1, 0.15) is 0 Å². The minimum atomic E-state index is -1.41. The molecule has 0 saturated heterocycles. The highest BCUT2D eigenvalue weighted by Crippen LogP contribution is 2.12. The van der Waals surface area contributed by atoms with E-state index < -0.39 is 5.97 Å². The molecule has 0 saturated carbocycles. The van der Waals surface area contributed by atoms with Crippen LogP contribution in [0.4, 0.5) is 0 Å². The lowest BCUT2D eigenvalue weighted by molar-refractivity contribution is -0.349. The van der Waals surface area contributed by atoms with Crippen molar-refractivity contribution < 1.29 is 14.6 Å². The third kappa shape index (κ3) is 16.1. The van der Waals surface area contributed by atoms with Crippen molar-refractivity contribution in [3.63, 3.8) is 0 Å². The van der Waals surface area contributed by atoms with Gasteiger partial charge in [-0.2, -0.15) is 0 Å². The first-order valence-corrected chi connectivity index (χ1v) is 9.12. The molecule has 3 heteroatoms. The summed E-state index contributed by atoms with van der Waals surface area (Å²) in [5, 5.41) is 9.95. The number of ether oxygens (including phenoxy) is 2. The zero-order valence-corrected chi connectivity index (χ0v) is 14.7. The van der Waals surface area contributed by atoms with Crippen molar-refractivity contribution in [3.05, 3.63) is 0 Å². The quantitative estimate of drug-likeness (QED) is 0.306. The summed E-state index contributed by atoms with van der Waals surface area (Å²) < 4.78 is 10.8. The van der Waals surface area contributed by atoms with Crippen LogP contribution in [0.3, 0.4) is 0 Å². The standard InChI is InChI=1S/C18H38O3/c1-4-6-8-10-12-14-16-20-18(3,19)21-17-15-13-11-9-7-5-2/h19H,4-17H2,1-3H3. The summed E-state index contributed by atoms with van der Waals surface area (Å²) in [6, 6.07) is 0. The van der Waals surface area contributed by atoms with Crippen LogP contribution in [0.1, 0.15) is 97.8 Å². The molecule has 0 aromatic heterocycles. The van der Waals surface area contributed by atoms with E-state index in [9.17, 15) is 5.11 Å². The Kier molecular flexibility index (Phi) is 14.7. The van der Waals surface area contributed by atoms with Gasteiger partial charge < -0.3 is 14.6 Å². The molecule has 0 amide bonds. The van der Waals surface area contributed by atoms with Crippen LogP contribution in [0.25, 0.3) is 0 Å². The third-order valence-corrected chi connectivity index (χ3v) is 3.74. The zero-order chi connectivity index (χ0) is 15.8. The molecule has 0 spiro atoms. The maximum atomic E-state index is 9.95. The predicted molar refractivity (Wildman–Crippen MR) is 89.3 cm³/mol. The number of hydrogen-bond acceptors (Lipinski definition) is 3. The summed E-state index contributed by atoms with van der Waals surface area (Å²) in [6.45, 7) is 7.20. The van der Waals surface area contributed by atoms with E-state index in [0.29, 0.717) is 13.2 Å². The fourth-order valence-corrected chi connectivity index (χ4v) is 2.33. The lowest BCUT2D eigenvalue weighted by atomic mass is 10.1. The molecule has 0 aliphatic carbocycles. The fourth-order valence-electron chi connectivity index (χ4n) is 2.33. The van der Waals surface area contributed by atoms with Gasteiger partial charge >= 0.3 is 0 Å². The van der Waals surface area contributed by atoms with Crippen molar-refractivity contribution in [1.82, 2.24) is 0 Å². The topological polar surface area (TPSA) is 38.7 Å². The molecule has 0 heterocycles. The van der Waals surface area contributed by atoms with Crippen LogP contribution in [0.5, 0.6) is 0 Å². The summed E-state index contributed by atoms with van der Waals surface area (Å²) in [6.07, 6.45) is 14.7. The first-order chi connectivity index (χ1) is 10.1. The molecular weight excluding hydrogens is 264 g/mol. The van der Waals surface area contributed by atoms with E-state index in [2.05, 4.69) is 13.8 Å². The van der Waals surface area contributed by atoms with E-state index in [-0.39, 0.29) is 0 Å². The van der Waals surface area contributed by atoms with Crippen molar-refractivity contribution in [3.8, 4) is 0 Å². The van der Waals surface area contributed by atoms with Crippen molar-refractivity contribution in [1.29, 1.82) is 0 Å². The van der Waals surface area contributed by atoms with Gasteiger partial charge in [0.15, 0.2) is 0 Å². The van der Waals surface area contributed by atoms with Crippen LogP contribution >= 0.6 is 0 Å². The molecule has 128 valence electrons. The third-order valence-electron chi connectivity index (χ3n) is 3.74. The summed E-state index contributed by atoms with van der Waals surface area (Å²) in [5.41, 5.74) is 0. The second kappa shape index (κ2) is 14.8. The average Bonchev–Trinajstić information content (AvgIpc) is 2.45. The molecule has 3 nitrogen and oxygen atoms in total. The molecule has 0 unspecified atom stereocenters. The van der Waals surface area contributed by atoms with Crippen LogP contribution in [0.15, 0.2) is 0 Å². The van der Waals surface area contributed by atoms with Gasteiger partial charge in [-0.3, -0.25) is 0 Å². The molecule has 0 fully saturated rings. The molecule has 0 atom stereocenters. The normalized spacial score (nSPS) is 12.0. The van der Waals surface area contributed by atoms with E-state index in [1.807, 2.05) is 0 Å². The molecule has 1 N–H and O–H groups in total. The Morgan fingerprint density at radius 3 is 1.33 bits per heavy atom. The van der Waals surface area contributed by atoms with Crippen molar-refractivity contribution in [2.45, 2.75) is 104 Å². The second-order valence-electron chi connectivity index (χ2n) is 6.13. The largest absolute Gasteiger partial charge is 0.344 e. The lowest BCUT2D eigenvalue weighted by Gasteiger charge is -2.23.